The van der Waals surface area contributed by atoms with E-state index in [2.05, 4.69) is 61.3 Å². The molecular weight excluding hydrogens is 412 g/mol. The molecule has 8 heteroatoms. The molecule has 0 aliphatic carbocycles. The van der Waals surface area contributed by atoms with Gasteiger partial charge in [0.1, 0.15) is 11.5 Å². The van der Waals surface area contributed by atoms with Crippen molar-refractivity contribution >= 4 is 11.9 Å². The van der Waals surface area contributed by atoms with Crippen molar-refractivity contribution < 1.29 is 28.1 Å². The van der Waals surface area contributed by atoms with Crippen LogP contribution in [0.25, 0.3) is 0 Å². The van der Waals surface area contributed by atoms with Crippen LogP contribution in [0, 0.1) is 11.8 Å². The molecule has 0 saturated carbocycles. The van der Waals surface area contributed by atoms with Crippen molar-refractivity contribution in [2.24, 2.45) is 11.8 Å². The third kappa shape index (κ3) is 7.80. The summed E-state index contributed by atoms with van der Waals surface area (Å²) in [5.41, 5.74) is 2.48. The highest BCUT2D eigenvalue weighted by Gasteiger charge is 2.23. The number of nitrogens with zero attached hydrogens (tertiary/aromatic N) is 2. The van der Waals surface area contributed by atoms with Gasteiger partial charge in [0.15, 0.2) is 11.4 Å². The molecule has 0 bridgehead atoms. The van der Waals surface area contributed by atoms with E-state index < -0.39 is 11.9 Å². The maximum absolute atomic E-state index is 11.5. The van der Waals surface area contributed by atoms with Crippen LogP contribution in [0.4, 0.5) is 0 Å². The molecule has 32 heavy (non-hydrogen) atoms. The Bertz CT molecular complexity index is 851. The first-order chi connectivity index (χ1) is 15.2. The summed E-state index contributed by atoms with van der Waals surface area (Å²) < 4.78 is 19.8. The molecule has 0 aliphatic rings. The lowest BCUT2D eigenvalue weighted by atomic mass is 9.99. The fourth-order valence-corrected chi connectivity index (χ4v) is 3.28. The average molecular weight is 451 g/mol. The summed E-state index contributed by atoms with van der Waals surface area (Å²) in [4.78, 5) is 23.0. The molecule has 0 radical (unpaired) electrons. The number of hydrogen-bond acceptors (Lipinski definition) is 8. The number of aryl methyl sites for hydroxylation is 1. The predicted octanol–water partition coefficient (Wildman–Crippen LogP) is 5.22. The molecule has 2 aromatic rings. The van der Waals surface area contributed by atoms with E-state index in [1.54, 1.807) is 0 Å². The minimum absolute atomic E-state index is 0.333. The molecule has 0 N–H and O–H groups in total. The van der Waals surface area contributed by atoms with E-state index in [1.807, 2.05) is 0 Å². The molecule has 2 aromatic heterocycles. The largest absolute Gasteiger partial charge is 0.464 e. The molecule has 0 saturated heterocycles. The van der Waals surface area contributed by atoms with Crippen molar-refractivity contribution in [1.82, 2.24) is 10.3 Å². The summed E-state index contributed by atoms with van der Waals surface area (Å²) >= 11 is 0. The number of esters is 2. The van der Waals surface area contributed by atoms with E-state index in [0.29, 0.717) is 23.2 Å². The number of aromatic nitrogens is 2. The number of methoxy groups -OCH3 is 2. The van der Waals surface area contributed by atoms with Gasteiger partial charge in [-0.15, -0.1) is 0 Å². The SMILES string of the molecule is CCCc1c(C(=O)OC)noc1CC(C)C.CCCc1onc(C(=O)OC)c1CC(C)C. The van der Waals surface area contributed by atoms with E-state index >= 15 is 0 Å². The average Bonchev–Trinajstić information content (AvgIpc) is 3.31. The molecule has 0 amide bonds. The van der Waals surface area contributed by atoms with Crippen molar-refractivity contribution in [2.45, 2.75) is 80.1 Å². The molecule has 180 valence electrons. The lowest BCUT2D eigenvalue weighted by Crippen LogP contribution is -2.08. The lowest BCUT2D eigenvalue weighted by Gasteiger charge is -2.05. The molecule has 0 spiro atoms. The van der Waals surface area contributed by atoms with Crippen LogP contribution >= 0.6 is 0 Å². The second-order valence-electron chi connectivity index (χ2n) is 8.54. The first kappa shape index (κ1) is 27.4. The summed E-state index contributed by atoms with van der Waals surface area (Å²) in [5, 5.41) is 7.62. The Labute approximate surface area is 191 Å². The zero-order valence-corrected chi connectivity index (χ0v) is 20.7. The topological polar surface area (TPSA) is 105 Å². The maximum atomic E-state index is 11.5. The van der Waals surface area contributed by atoms with Gasteiger partial charge in [0.05, 0.1) is 14.2 Å². The summed E-state index contributed by atoms with van der Waals surface area (Å²) in [7, 11) is 2.71. The highest BCUT2D eigenvalue weighted by atomic mass is 16.5. The van der Waals surface area contributed by atoms with Gasteiger partial charge in [0.2, 0.25) is 0 Å². The zero-order valence-electron chi connectivity index (χ0n) is 20.7. The fraction of sp³-hybridized carbons (Fsp3) is 0.667. The van der Waals surface area contributed by atoms with Crippen molar-refractivity contribution in [3.8, 4) is 0 Å². The smallest absolute Gasteiger partial charge is 0.360 e. The maximum Gasteiger partial charge on any atom is 0.360 e. The van der Waals surface area contributed by atoms with Gasteiger partial charge < -0.3 is 18.5 Å². The molecule has 0 aliphatic heterocycles. The van der Waals surface area contributed by atoms with E-state index in [0.717, 1.165) is 61.2 Å². The van der Waals surface area contributed by atoms with Crippen LogP contribution in [0.5, 0.6) is 0 Å². The van der Waals surface area contributed by atoms with Crippen LogP contribution < -0.4 is 0 Å². The van der Waals surface area contributed by atoms with E-state index in [-0.39, 0.29) is 0 Å². The summed E-state index contributed by atoms with van der Waals surface area (Å²) in [6, 6.07) is 0. The first-order valence-electron chi connectivity index (χ1n) is 11.3. The molecule has 2 rings (SSSR count). The van der Waals surface area contributed by atoms with Crippen LogP contribution in [-0.4, -0.2) is 36.5 Å². The molecular formula is C24H38N2O6. The summed E-state index contributed by atoms with van der Waals surface area (Å²) in [5.74, 6) is 1.74. The lowest BCUT2D eigenvalue weighted by molar-refractivity contribution is 0.0579. The number of hydrogen-bond donors (Lipinski definition) is 0. The standard InChI is InChI=1S/2C12H19NO3/c1-5-6-10-9(7-8(2)3)11(13-16-10)12(14)15-4;1-5-6-9-10(7-8(2)3)16-13-11(9)12(14)15-4/h2*8H,5-7H2,1-4H3. The van der Waals surface area contributed by atoms with Gasteiger partial charge in [-0.05, 0) is 31.1 Å². The van der Waals surface area contributed by atoms with Gasteiger partial charge in [-0.1, -0.05) is 58.3 Å². The van der Waals surface area contributed by atoms with Gasteiger partial charge in [0, 0.05) is 24.0 Å². The van der Waals surface area contributed by atoms with Gasteiger partial charge >= 0.3 is 11.9 Å². The number of carbonyl (C=O) groups excluding carboxylic acids is 2. The van der Waals surface area contributed by atoms with Crippen LogP contribution in [0.15, 0.2) is 9.05 Å². The second-order valence-corrected chi connectivity index (χ2v) is 8.54. The first-order valence-corrected chi connectivity index (χ1v) is 11.3. The third-order valence-electron chi connectivity index (χ3n) is 4.68. The molecule has 0 aromatic carbocycles. The molecule has 0 unspecified atom stereocenters. The number of carbonyl (C=O) groups is 2. The molecule has 8 nitrogen and oxygen atoms in total. The number of ether oxygens (including phenoxy) is 2. The Morgan fingerprint density at radius 3 is 1.66 bits per heavy atom. The van der Waals surface area contributed by atoms with Crippen molar-refractivity contribution in [3.05, 3.63) is 34.0 Å². The van der Waals surface area contributed by atoms with Crippen LogP contribution in [0.3, 0.4) is 0 Å². The Hall–Kier alpha value is -2.64. The normalized spacial score (nSPS) is 10.8. The third-order valence-corrected chi connectivity index (χ3v) is 4.68. The van der Waals surface area contributed by atoms with Crippen LogP contribution in [0.2, 0.25) is 0 Å². The zero-order chi connectivity index (χ0) is 24.3. The second kappa shape index (κ2) is 13.7. The highest BCUT2D eigenvalue weighted by Crippen LogP contribution is 2.21. The summed E-state index contributed by atoms with van der Waals surface area (Å²) in [6.45, 7) is 12.5. The van der Waals surface area contributed by atoms with E-state index in [9.17, 15) is 9.59 Å². The molecule has 0 fully saturated rings. The number of rotatable bonds is 10. The molecule has 2 heterocycles. The van der Waals surface area contributed by atoms with E-state index in [1.165, 1.54) is 14.2 Å². The van der Waals surface area contributed by atoms with Gasteiger partial charge in [0.25, 0.3) is 0 Å². The van der Waals surface area contributed by atoms with E-state index in [4.69, 9.17) is 9.05 Å². The van der Waals surface area contributed by atoms with Gasteiger partial charge in [-0.2, -0.15) is 0 Å². The van der Waals surface area contributed by atoms with Crippen molar-refractivity contribution in [2.75, 3.05) is 14.2 Å². The van der Waals surface area contributed by atoms with Crippen LogP contribution in [-0.2, 0) is 35.2 Å². The van der Waals surface area contributed by atoms with Gasteiger partial charge in [-0.25, -0.2) is 9.59 Å². The summed E-state index contributed by atoms with van der Waals surface area (Å²) in [6.07, 6.45) is 5.14. The molecule has 0 atom stereocenters. The monoisotopic (exact) mass is 450 g/mol. The fourth-order valence-electron chi connectivity index (χ4n) is 3.28. The predicted molar refractivity (Wildman–Crippen MR) is 121 cm³/mol. The highest BCUT2D eigenvalue weighted by molar-refractivity contribution is 5.89. The Morgan fingerprint density at radius 2 is 1.22 bits per heavy atom. The van der Waals surface area contributed by atoms with Crippen LogP contribution in [0.1, 0.15) is 98.0 Å². The van der Waals surface area contributed by atoms with Gasteiger partial charge in [-0.3, -0.25) is 0 Å². The minimum atomic E-state index is -0.415. The van der Waals surface area contributed by atoms with Crippen molar-refractivity contribution in [1.29, 1.82) is 0 Å². The Kier molecular flexibility index (Phi) is 11.7. The van der Waals surface area contributed by atoms with Crippen molar-refractivity contribution in [3.63, 3.8) is 0 Å². The Morgan fingerprint density at radius 1 is 0.750 bits per heavy atom. The minimum Gasteiger partial charge on any atom is -0.464 e. The Balaban J connectivity index is 0.000000320. The quantitative estimate of drug-likeness (QED) is 0.453.